The molecule has 7 heteroatoms. The van der Waals surface area contributed by atoms with Gasteiger partial charge in [0.15, 0.2) is 0 Å². The number of H-pyrrole nitrogens is 1. The molecule has 1 aromatic heterocycles. The number of aryl methyl sites for hydroxylation is 1. The number of para-hydroxylation sites is 2. The van der Waals surface area contributed by atoms with E-state index in [1.807, 2.05) is 74.5 Å². The normalized spacial score (nSPS) is 14.9. The second-order valence-corrected chi connectivity index (χ2v) is 6.38. The van der Waals surface area contributed by atoms with Crippen LogP contribution >= 0.6 is 0 Å². The van der Waals surface area contributed by atoms with Gasteiger partial charge in [0, 0.05) is 24.8 Å². The van der Waals surface area contributed by atoms with Gasteiger partial charge in [0.25, 0.3) is 5.56 Å². The van der Waals surface area contributed by atoms with Crippen LogP contribution in [0.4, 0.5) is 5.69 Å². The number of hydrogen-bond donors (Lipinski definition) is 2. The predicted molar refractivity (Wildman–Crippen MR) is 104 cm³/mol. The molecule has 2 N–H and O–H groups in total. The van der Waals surface area contributed by atoms with Crippen LogP contribution in [0, 0.1) is 6.92 Å². The van der Waals surface area contributed by atoms with E-state index >= 15 is 0 Å². The third-order valence-electron chi connectivity index (χ3n) is 4.62. The van der Waals surface area contributed by atoms with Crippen molar-refractivity contribution < 1.29 is 21.9 Å². The Hall–Kier alpha value is -3.38. The summed E-state index contributed by atoms with van der Waals surface area (Å²) < 4.78 is 3.21. The summed E-state index contributed by atoms with van der Waals surface area (Å²) in [5, 5.41) is 3.08. The van der Waals surface area contributed by atoms with E-state index in [2.05, 4.69) is 10.5 Å². The number of benzene rings is 2. The summed E-state index contributed by atoms with van der Waals surface area (Å²) >= 11 is 0. The number of halogens is 1. The van der Waals surface area contributed by atoms with Crippen molar-refractivity contribution in [3.8, 4) is 5.69 Å². The van der Waals surface area contributed by atoms with Gasteiger partial charge in [-0.15, -0.1) is 5.43 Å². The highest BCUT2D eigenvalue weighted by Crippen LogP contribution is 2.19. The van der Waals surface area contributed by atoms with Crippen molar-refractivity contribution in [3.05, 3.63) is 87.8 Å². The first-order valence-electron chi connectivity index (χ1n) is 8.65. The van der Waals surface area contributed by atoms with Gasteiger partial charge >= 0.3 is 5.91 Å². The van der Waals surface area contributed by atoms with Gasteiger partial charge in [-0.2, -0.15) is 0 Å². The molecule has 0 saturated heterocycles. The molecule has 0 saturated carbocycles. The minimum Gasteiger partial charge on any atom is -1.00 e. The van der Waals surface area contributed by atoms with Gasteiger partial charge in [-0.05, 0) is 25.1 Å². The van der Waals surface area contributed by atoms with Crippen LogP contribution in [0.3, 0.4) is 0 Å². The molecule has 28 heavy (non-hydrogen) atoms. The summed E-state index contributed by atoms with van der Waals surface area (Å²) in [6.07, 6.45) is 1.65. The molecule has 142 valence electrons. The van der Waals surface area contributed by atoms with Crippen LogP contribution in [0.25, 0.3) is 11.8 Å². The van der Waals surface area contributed by atoms with Crippen LogP contribution in [0.15, 0.2) is 71.0 Å². The number of hydrogen-bond acceptors (Lipinski definition) is 2. The largest absolute Gasteiger partial charge is 1.00 e. The third kappa shape index (κ3) is 3.30. The zero-order chi connectivity index (χ0) is 19.0. The number of rotatable bonds is 3. The average molecular weight is 395 g/mol. The molecule has 0 atom stereocenters. The van der Waals surface area contributed by atoms with Crippen molar-refractivity contribution in [2.45, 2.75) is 13.8 Å². The molecule has 1 aliphatic heterocycles. The van der Waals surface area contributed by atoms with Crippen molar-refractivity contribution in [2.75, 3.05) is 0 Å². The molecule has 1 aliphatic rings. The van der Waals surface area contributed by atoms with Crippen molar-refractivity contribution in [2.24, 2.45) is 0 Å². The second-order valence-electron chi connectivity index (χ2n) is 6.38. The Morgan fingerprint density at radius 2 is 1.54 bits per heavy atom. The summed E-state index contributed by atoms with van der Waals surface area (Å²) in [4.78, 5) is 25.4. The first-order valence-corrected chi connectivity index (χ1v) is 8.65. The Balaban J connectivity index is 0.00000225. The highest BCUT2D eigenvalue weighted by molar-refractivity contribution is 6.24. The molecule has 4 rings (SSSR count). The molecule has 0 aliphatic carbocycles. The fourth-order valence-corrected chi connectivity index (χ4v) is 3.17. The maximum atomic E-state index is 12.9. The minimum absolute atomic E-state index is 0. The molecule has 3 aromatic rings. The van der Waals surface area contributed by atoms with Crippen LogP contribution in [0.2, 0.25) is 0 Å². The first-order chi connectivity index (χ1) is 13.1. The Bertz CT molecular complexity index is 1140. The van der Waals surface area contributed by atoms with Crippen molar-refractivity contribution in [1.29, 1.82) is 0 Å². The molecule has 0 spiro atoms. The summed E-state index contributed by atoms with van der Waals surface area (Å²) in [5.74, 6) is -0.234. The van der Waals surface area contributed by atoms with E-state index in [1.54, 1.807) is 10.8 Å². The summed E-state index contributed by atoms with van der Waals surface area (Å²) in [6.45, 7) is 3.68. The number of nitrogens with one attached hydrogen (secondary N) is 2. The molecule has 1 amide bonds. The van der Waals surface area contributed by atoms with E-state index in [0.717, 1.165) is 17.1 Å². The second kappa shape index (κ2) is 7.70. The SMILES string of the molecule is CC1=[N+](c2ccccc2)NC(=O)/C1=C\c1c(C)[nH]n(-c2ccccc2)c1=O.[Cl-]. The smallest absolute Gasteiger partial charge is 0.311 e. The maximum Gasteiger partial charge on any atom is 0.311 e. The van der Waals surface area contributed by atoms with E-state index in [9.17, 15) is 9.59 Å². The van der Waals surface area contributed by atoms with Crippen LogP contribution in [-0.2, 0) is 4.79 Å². The fourth-order valence-electron chi connectivity index (χ4n) is 3.17. The van der Waals surface area contributed by atoms with E-state index in [4.69, 9.17) is 0 Å². The maximum absolute atomic E-state index is 12.9. The molecule has 0 bridgehead atoms. The number of carbonyl (C=O) groups is 1. The molecular formula is C21H19ClN4O2. The number of aromatic amines is 1. The number of aromatic nitrogens is 2. The number of carbonyl (C=O) groups excluding carboxylic acids is 1. The highest BCUT2D eigenvalue weighted by atomic mass is 35.5. The van der Waals surface area contributed by atoms with E-state index in [1.165, 1.54) is 4.68 Å². The number of hydrazone groups is 1. The lowest BCUT2D eigenvalue weighted by atomic mass is 10.1. The Morgan fingerprint density at radius 3 is 2.18 bits per heavy atom. The summed E-state index contributed by atoms with van der Waals surface area (Å²) in [6, 6.07) is 18.9. The average Bonchev–Trinajstić information content (AvgIpc) is 3.14. The molecular weight excluding hydrogens is 376 g/mol. The van der Waals surface area contributed by atoms with Crippen LogP contribution < -0.4 is 23.4 Å². The monoisotopic (exact) mass is 394 g/mol. The number of hydrazine groups is 1. The topological polar surface area (TPSA) is 69.9 Å². The lowest BCUT2D eigenvalue weighted by Crippen LogP contribution is -3.00. The van der Waals surface area contributed by atoms with Gasteiger partial charge in [0.2, 0.25) is 11.4 Å². The lowest BCUT2D eigenvalue weighted by Gasteiger charge is -1.99. The first kappa shape index (κ1) is 19.4. The van der Waals surface area contributed by atoms with Gasteiger partial charge in [0.05, 0.1) is 11.3 Å². The van der Waals surface area contributed by atoms with Gasteiger partial charge < -0.3 is 12.4 Å². The van der Waals surface area contributed by atoms with Crippen LogP contribution in [0.5, 0.6) is 0 Å². The van der Waals surface area contributed by atoms with Gasteiger partial charge in [-0.3, -0.25) is 14.7 Å². The van der Waals surface area contributed by atoms with Crippen molar-refractivity contribution in [1.82, 2.24) is 15.2 Å². The molecule has 0 fully saturated rings. The molecule has 2 heterocycles. The van der Waals surface area contributed by atoms with E-state index in [-0.39, 0.29) is 23.9 Å². The Kier molecular flexibility index (Phi) is 5.33. The molecule has 6 nitrogen and oxygen atoms in total. The number of nitrogens with zero attached hydrogens (tertiary/aromatic N) is 2. The minimum atomic E-state index is -0.234. The molecule has 2 aromatic carbocycles. The zero-order valence-electron chi connectivity index (χ0n) is 15.4. The molecule has 0 unspecified atom stereocenters. The summed E-state index contributed by atoms with van der Waals surface area (Å²) in [5.41, 5.74) is 6.65. The quantitative estimate of drug-likeness (QED) is 0.473. The zero-order valence-corrected chi connectivity index (χ0v) is 16.2. The summed E-state index contributed by atoms with van der Waals surface area (Å²) in [7, 11) is 0. The van der Waals surface area contributed by atoms with E-state index in [0.29, 0.717) is 16.8 Å². The van der Waals surface area contributed by atoms with Gasteiger partial charge in [-0.1, -0.05) is 41.1 Å². The van der Waals surface area contributed by atoms with Gasteiger partial charge in [0.1, 0.15) is 5.57 Å². The van der Waals surface area contributed by atoms with Crippen LogP contribution in [-0.4, -0.2) is 26.1 Å². The fraction of sp³-hybridized carbons (Fsp3) is 0.0952. The Labute approximate surface area is 168 Å². The standard InChI is InChI=1S/C21H18N4O2.ClH/c1-14-18(21(27)25(22-14)17-11-7-4-8-12-17)13-19-15(2)24(23-20(19)26)16-9-5-3-6-10-16;/h3-13H,1-2H3,(H,23,26);1H. The Morgan fingerprint density at radius 1 is 0.929 bits per heavy atom. The number of amides is 1. The third-order valence-corrected chi connectivity index (χ3v) is 4.62. The highest BCUT2D eigenvalue weighted by Gasteiger charge is 2.34. The van der Waals surface area contributed by atoms with Gasteiger partial charge in [-0.25, -0.2) is 4.68 Å². The lowest BCUT2D eigenvalue weighted by molar-refractivity contribution is -0.486. The van der Waals surface area contributed by atoms with Crippen molar-refractivity contribution >= 4 is 23.4 Å². The van der Waals surface area contributed by atoms with E-state index < -0.39 is 0 Å². The van der Waals surface area contributed by atoms with Crippen molar-refractivity contribution in [3.63, 3.8) is 0 Å². The van der Waals surface area contributed by atoms with Crippen LogP contribution in [0.1, 0.15) is 18.2 Å². The predicted octanol–water partition coefficient (Wildman–Crippen LogP) is -0.289. The molecule has 0 radical (unpaired) electrons.